The highest BCUT2D eigenvalue weighted by molar-refractivity contribution is 5.10. The SMILES string of the molecule is C=CC(F)(C(OC(F)(F)CF)C(F)(F)F)C(F)(F)F. The monoisotopic (exact) mass is 308 g/mol. The quantitative estimate of drug-likeness (QED) is 0.552. The minimum Gasteiger partial charge on any atom is -0.301 e. The van der Waals surface area contributed by atoms with Crippen molar-refractivity contribution in [3.05, 3.63) is 12.7 Å². The van der Waals surface area contributed by atoms with E-state index in [-0.39, 0.29) is 0 Å². The van der Waals surface area contributed by atoms with E-state index in [1.165, 1.54) is 0 Å². The van der Waals surface area contributed by atoms with Gasteiger partial charge in [-0.2, -0.15) is 35.1 Å². The molecule has 19 heavy (non-hydrogen) atoms. The van der Waals surface area contributed by atoms with Gasteiger partial charge < -0.3 is 4.74 Å². The summed E-state index contributed by atoms with van der Waals surface area (Å²) < 4.78 is 126. The number of hydrogen-bond donors (Lipinski definition) is 0. The van der Waals surface area contributed by atoms with Crippen molar-refractivity contribution in [2.45, 2.75) is 30.2 Å². The van der Waals surface area contributed by atoms with Gasteiger partial charge in [0.15, 0.2) is 6.67 Å². The first-order valence-electron chi connectivity index (χ1n) is 4.29. The van der Waals surface area contributed by atoms with Crippen LogP contribution in [0.25, 0.3) is 0 Å². The molecule has 0 bridgehead atoms. The van der Waals surface area contributed by atoms with Gasteiger partial charge in [0.05, 0.1) is 0 Å². The number of halogens is 10. The summed E-state index contributed by atoms with van der Waals surface area (Å²) in [5.74, 6) is 0. The average Bonchev–Trinajstić information content (AvgIpc) is 2.22. The lowest BCUT2D eigenvalue weighted by Crippen LogP contribution is -2.58. The predicted octanol–water partition coefficient (Wildman–Crippen LogP) is 3.95. The van der Waals surface area contributed by atoms with Gasteiger partial charge in [0, 0.05) is 0 Å². The minimum absolute atomic E-state index is 0.876. The molecule has 11 heteroatoms. The smallest absolute Gasteiger partial charge is 0.301 e. The van der Waals surface area contributed by atoms with Crippen molar-refractivity contribution in [1.82, 2.24) is 0 Å². The van der Waals surface area contributed by atoms with Crippen molar-refractivity contribution in [2.75, 3.05) is 6.67 Å². The van der Waals surface area contributed by atoms with E-state index in [9.17, 15) is 43.9 Å². The Morgan fingerprint density at radius 3 is 1.58 bits per heavy atom. The summed E-state index contributed by atoms with van der Waals surface area (Å²) in [6.45, 7) is -0.681. The molecule has 0 aromatic heterocycles. The Balaban J connectivity index is 5.68. The zero-order chi connectivity index (χ0) is 15.7. The molecule has 0 N–H and O–H groups in total. The van der Waals surface area contributed by atoms with Crippen LogP contribution in [0.2, 0.25) is 0 Å². The standard InChI is InChI=1S/C8H6F10O/c1-2-5(10,8(16,17)18)4(7(13,14)15)19-6(11,12)3-9/h2,4H,1,3H2. The van der Waals surface area contributed by atoms with Gasteiger partial charge in [0.25, 0.3) is 5.67 Å². The summed E-state index contributed by atoms with van der Waals surface area (Å²) in [7, 11) is 0. The van der Waals surface area contributed by atoms with E-state index >= 15 is 0 Å². The van der Waals surface area contributed by atoms with E-state index < -0.39 is 43.0 Å². The first-order chi connectivity index (χ1) is 8.21. The first kappa shape index (κ1) is 18.0. The van der Waals surface area contributed by atoms with Crippen LogP contribution in [0.1, 0.15) is 0 Å². The lowest BCUT2D eigenvalue weighted by molar-refractivity contribution is -0.375. The first-order valence-corrected chi connectivity index (χ1v) is 4.29. The van der Waals surface area contributed by atoms with Gasteiger partial charge in [0.1, 0.15) is 0 Å². The molecular weight excluding hydrogens is 302 g/mol. The second-order valence-electron chi connectivity index (χ2n) is 3.28. The van der Waals surface area contributed by atoms with Gasteiger partial charge in [-0.3, -0.25) is 0 Å². The van der Waals surface area contributed by atoms with Crippen LogP contribution in [0.4, 0.5) is 43.9 Å². The van der Waals surface area contributed by atoms with E-state index in [0.29, 0.717) is 0 Å². The van der Waals surface area contributed by atoms with Gasteiger partial charge in [-0.05, 0) is 6.08 Å². The average molecular weight is 308 g/mol. The molecule has 0 fully saturated rings. The molecule has 0 rings (SSSR count). The van der Waals surface area contributed by atoms with Crippen LogP contribution < -0.4 is 0 Å². The highest BCUT2D eigenvalue weighted by Gasteiger charge is 2.69. The molecule has 0 aliphatic heterocycles. The maximum absolute atomic E-state index is 13.3. The third-order valence-electron chi connectivity index (χ3n) is 1.86. The van der Waals surface area contributed by atoms with Crippen molar-refractivity contribution in [1.29, 1.82) is 0 Å². The maximum atomic E-state index is 13.3. The molecule has 0 aliphatic rings. The fourth-order valence-corrected chi connectivity index (χ4v) is 0.966. The Morgan fingerprint density at radius 2 is 1.37 bits per heavy atom. The predicted molar refractivity (Wildman–Crippen MR) is 41.9 cm³/mol. The van der Waals surface area contributed by atoms with Crippen LogP contribution >= 0.6 is 0 Å². The van der Waals surface area contributed by atoms with E-state index in [0.717, 1.165) is 0 Å². The van der Waals surface area contributed by atoms with E-state index in [2.05, 4.69) is 11.3 Å². The summed E-state index contributed by atoms with van der Waals surface area (Å²) in [5.41, 5.74) is -5.34. The number of alkyl halides is 10. The lowest BCUT2D eigenvalue weighted by atomic mass is 9.97. The Kier molecular flexibility index (Phi) is 4.90. The molecule has 1 nitrogen and oxygen atoms in total. The zero-order valence-electron chi connectivity index (χ0n) is 8.76. The molecule has 0 spiro atoms. The van der Waals surface area contributed by atoms with Crippen LogP contribution in [0.3, 0.4) is 0 Å². The third kappa shape index (κ3) is 3.98. The van der Waals surface area contributed by atoms with Crippen LogP contribution in [0, 0.1) is 0 Å². The Hall–Kier alpha value is -1.00. The number of hydrogen-bond acceptors (Lipinski definition) is 1. The summed E-state index contributed by atoms with van der Waals surface area (Å²) >= 11 is 0. The Labute approximate surface area is 99.4 Å². The highest BCUT2D eigenvalue weighted by Crippen LogP contribution is 2.46. The number of rotatable bonds is 5. The Bertz CT molecular complexity index is 318. The van der Waals surface area contributed by atoms with Gasteiger partial charge in [-0.25, -0.2) is 8.78 Å². The molecule has 0 aromatic carbocycles. The molecular formula is C8H6F10O. The van der Waals surface area contributed by atoms with E-state index in [1.807, 2.05) is 0 Å². The second kappa shape index (κ2) is 5.17. The van der Waals surface area contributed by atoms with Crippen molar-refractivity contribution in [3.63, 3.8) is 0 Å². The molecule has 0 amide bonds. The fraction of sp³-hybridized carbons (Fsp3) is 0.750. The van der Waals surface area contributed by atoms with Crippen LogP contribution in [-0.2, 0) is 4.74 Å². The summed E-state index contributed by atoms with van der Waals surface area (Å²) in [6.07, 6.45) is -23.2. The largest absolute Gasteiger partial charge is 0.429 e. The van der Waals surface area contributed by atoms with Gasteiger partial charge >= 0.3 is 18.5 Å². The normalized spacial score (nSPS) is 18.8. The van der Waals surface area contributed by atoms with Crippen LogP contribution in [-0.4, -0.2) is 36.9 Å². The molecule has 0 saturated heterocycles. The van der Waals surface area contributed by atoms with Crippen molar-refractivity contribution in [2.24, 2.45) is 0 Å². The maximum Gasteiger partial charge on any atom is 0.429 e. The van der Waals surface area contributed by atoms with E-state index in [4.69, 9.17) is 0 Å². The van der Waals surface area contributed by atoms with Crippen molar-refractivity contribution in [3.8, 4) is 0 Å². The topological polar surface area (TPSA) is 9.23 Å². The molecule has 2 unspecified atom stereocenters. The summed E-state index contributed by atoms with van der Waals surface area (Å²) in [6, 6.07) is 0. The van der Waals surface area contributed by atoms with Gasteiger partial charge in [0.2, 0.25) is 6.10 Å². The van der Waals surface area contributed by atoms with E-state index in [1.54, 1.807) is 0 Å². The summed E-state index contributed by atoms with van der Waals surface area (Å²) in [5, 5.41) is 0. The fourth-order valence-electron chi connectivity index (χ4n) is 0.966. The third-order valence-corrected chi connectivity index (χ3v) is 1.86. The molecule has 0 aromatic rings. The molecule has 114 valence electrons. The minimum atomic E-state index is -6.23. The van der Waals surface area contributed by atoms with Crippen molar-refractivity contribution >= 4 is 0 Å². The molecule has 0 saturated carbocycles. The van der Waals surface area contributed by atoms with Crippen molar-refractivity contribution < 1.29 is 48.6 Å². The molecule has 0 radical (unpaired) electrons. The molecule has 0 heterocycles. The highest BCUT2D eigenvalue weighted by atomic mass is 19.4. The second-order valence-corrected chi connectivity index (χ2v) is 3.28. The van der Waals surface area contributed by atoms with Crippen LogP contribution in [0.15, 0.2) is 12.7 Å². The molecule has 0 aliphatic carbocycles. The number of ether oxygens (including phenoxy) is 1. The molecule has 2 atom stereocenters. The summed E-state index contributed by atoms with van der Waals surface area (Å²) in [4.78, 5) is 0. The van der Waals surface area contributed by atoms with Gasteiger partial charge in [-0.15, -0.1) is 0 Å². The van der Waals surface area contributed by atoms with Crippen LogP contribution in [0.5, 0.6) is 0 Å². The Morgan fingerprint density at radius 1 is 0.947 bits per heavy atom. The zero-order valence-corrected chi connectivity index (χ0v) is 8.76. The van der Waals surface area contributed by atoms with Gasteiger partial charge in [-0.1, -0.05) is 6.58 Å². The lowest BCUT2D eigenvalue weighted by Gasteiger charge is -2.35.